The molecule has 0 saturated heterocycles. The number of nitrogen functional groups attached to an aromatic ring is 1. The van der Waals surface area contributed by atoms with E-state index in [0.29, 0.717) is 34.4 Å². The van der Waals surface area contributed by atoms with Gasteiger partial charge in [0.05, 0.1) is 22.3 Å². The number of aryl methyl sites for hydroxylation is 1. The number of nitrogens with two attached hydrogens (primary N) is 1. The van der Waals surface area contributed by atoms with Crippen molar-refractivity contribution in [1.29, 1.82) is 0 Å². The number of amides is 2. The molecular weight excluding hydrogens is 373 g/mol. The topological polar surface area (TPSA) is 75.4 Å². The summed E-state index contributed by atoms with van der Waals surface area (Å²) in [6.45, 7) is 2.18. The monoisotopic (exact) mass is 393 g/mol. The lowest BCUT2D eigenvalue weighted by molar-refractivity contribution is -0.134. The first kappa shape index (κ1) is 20.1. The van der Waals surface area contributed by atoms with Gasteiger partial charge in [0.2, 0.25) is 11.8 Å². The van der Waals surface area contributed by atoms with E-state index >= 15 is 0 Å². The number of carbonyl (C=O) groups is 2. The van der Waals surface area contributed by atoms with E-state index in [1.165, 1.54) is 4.90 Å². The summed E-state index contributed by atoms with van der Waals surface area (Å²) in [6, 6.07) is 12.4. The Morgan fingerprint density at radius 1 is 1.08 bits per heavy atom. The van der Waals surface area contributed by atoms with E-state index in [4.69, 9.17) is 28.9 Å². The van der Waals surface area contributed by atoms with Crippen LogP contribution in [0.1, 0.15) is 18.9 Å². The number of hydrogen-bond donors (Lipinski definition) is 2. The van der Waals surface area contributed by atoms with Crippen LogP contribution in [0.15, 0.2) is 42.5 Å². The quantitative estimate of drug-likeness (QED) is 0.698. The number of likely N-dealkylation sites (N-methyl/N-ethyl adjacent to an activating group) is 1. The van der Waals surface area contributed by atoms with Gasteiger partial charge in [0.1, 0.15) is 0 Å². The summed E-state index contributed by atoms with van der Waals surface area (Å²) in [7, 11) is 0. The van der Waals surface area contributed by atoms with Crippen molar-refractivity contribution in [3.8, 4) is 0 Å². The molecule has 0 saturated carbocycles. The summed E-state index contributed by atoms with van der Waals surface area (Å²) in [4.78, 5) is 26.2. The standard InChI is InChI=1S/C19H21Cl2N3O2/c1-2-24(18(26)11-10-13-6-3-4-9-16(13)22)12-17(25)23-19-14(20)7-5-8-15(19)21/h3-9H,2,10-12,22H2,1H3,(H,23,25). The van der Waals surface area contributed by atoms with E-state index in [1.807, 2.05) is 25.1 Å². The molecule has 0 aliphatic carbocycles. The SMILES string of the molecule is CCN(CC(=O)Nc1c(Cl)cccc1Cl)C(=O)CCc1ccccc1N. The van der Waals surface area contributed by atoms with Crippen molar-refractivity contribution in [3.63, 3.8) is 0 Å². The smallest absolute Gasteiger partial charge is 0.244 e. The highest BCUT2D eigenvalue weighted by molar-refractivity contribution is 6.39. The lowest BCUT2D eigenvalue weighted by Gasteiger charge is -2.21. The molecule has 0 aliphatic rings. The molecule has 138 valence electrons. The molecule has 5 nitrogen and oxygen atoms in total. The Hall–Kier alpha value is -2.24. The largest absolute Gasteiger partial charge is 0.399 e. The second kappa shape index (κ2) is 9.46. The molecule has 0 unspecified atom stereocenters. The number of carbonyl (C=O) groups excluding carboxylic acids is 2. The molecule has 0 heterocycles. The minimum absolute atomic E-state index is 0.0683. The van der Waals surface area contributed by atoms with E-state index in [-0.39, 0.29) is 24.8 Å². The maximum absolute atomic E-state index is 12.4. The molecule has 0 radical (unpaired) electrons. The molecule has 3 N–H and O–H groups in total. The number of benzene rings is 2. The van der Waals surface area contributed by atoms with Crippen LogP contribution < -0.4 is 11.1 Å². The summed E-state index contributed by atoms with van der Waals surface area (Å²) < 4.78 is 0. The van der Waals surface area contributed by atoms with E-state index in [9.17, 15) is 9.59 Å². The molecule has 0 fully saturated rings. The molecule has 26 heavy (non-hydrogen) atoms. The predicted octanol–water partition coefficient (Wildman–Crippen LogP) is 4.00. The van der Waals surface area contributed by atoms with Gasteiger partial charge >= 0.3 is 0 Å². The maximum atomic E-state index is 12.4. The van der Waals surface area contributed by atoms with Gasteiger partial charge in [-0.15, -0.1) is 0 Å². The van der Waals surface area contributed by atoms with Crippen molar-refractivity contribution in [1.82, 2.24) is 4.90 Å². The number of halogens is 2. The second-order valence-corrected chi connectivity index (χ2v) is 6.57. The summed E-state index contributed by atoms with van der Waals surface area (Å²) in [5, 5.41) is 3.36. The van der Waals surface area contributed by atoms with Crippen LogP contribution in [0.3, 0.4) is 0 Å². The highest BCUT2D eigenvalue weighted by Gasteiger charge is 2.17. The Morgan fingerprint density at radius 3 is 2.35 bits per heavy atom. The van der Waals surface area contributed by atoms with Crippen LogP contribution in [0.4, 0.5) is 11.4 Å². The number of nitrogens with zero attached hydrogens (tertiary/aromatic N) is 1. The van der Waals surface area contributed by atoms with E-state index in [0.717, 1.165) is 5.56 Å². The number of rotatable bonds is 7. The first-order valence-corrected chi connectivity index (χ1v) is 9.03. The van der Waals surface area contributed by atoms with Crippen LogP contribution in [-0.2, 0) is 16.0 Å². The van der Waals surface area contributed by atoms with Gasteiger partial charge in [0.25, 0.3) is 0 Å². The number of hydrogen-bond acceptors (Lipinski definition) is 3. The van der Waals surface area contributed by atoms with Crippen LogP contribution >= 0.6 is 23.2 Å². The number of anilines is 2. The van der Waals surface area contributed by atoms with Crippen LogP contribution in [0.5, 0.6) is 0 Å². The van der Waals surface area contributed by atoms with Crippen LogP contribution in [0, 0.1) is 0 Å². The first-order valence-electron chi connectivity index (χ1n) is 8.27. The van der Waals surface area contributed by atoms with Crippen LogP contribution in [0.2, 0.25) is 10.0 Å². The van der Waals surface area contributed by atoms with Gasteiger partial charge in [-0.3, -0.25) is 9.59 Å². The van der Waals surface area contributed by atoms with E-state index < -0.39 is 0 Å². The highest BCUT2D eigenvalue weighted by Crippen LogP contribution is 2.29. The summed E-state index contributed by atoms with van der Waals surface area (Å²) in [6.07, 6.45) is 0.808. The minimum Gasteiger partial charge on any atom is -0.399 e. The third-order valence-electron chi connectivity index (χ3n) is 3.96. The van der Waals surface area contributed by atoms with Crippen molar-refractivity contribution >= 4 is 46.4 Å². The van der Waals surface area contributed by atoms with Gasteiger partial charge in [-0.25, -0.2) is 0 Å². The Bertz CT molecular complexity index is 776. The Kier molecular flexibility index (Phi) is 7.30. The van der Waals surface area contributed by atoms with Gasteiger partial charge in [0.15, 0.2) is 0 Å². The molecule has 2 aromatic carbocycles. The molecule has 7 heteroatoms. The molecule has 0 atom stereocenters. The van der Waals surface area contributed by atoms with Gasteiger partial charge in [0, 0.05) is 18.7 Å². The summed E-state index contributed by atoms with van der Waals surface area (Å²) in [5.41, 5.74) is 7.83. The third kappa shape index (κ3) is 5.38. The van der Waals surface area contributed by atoms with Crippen molar-refractivity contribution in [2.24, 2.45) is 0 Å². The van der Waals surface area contributed by atoms with Gasteiger partial charge in [-0.1, -0.05) is 47.5 Å². The third-order valence-corrected chi connectivity index (χ3v) is 4.59. The lowest BCUT2D eigenvalue weighted by Crippen LogP contribution is -2.38. The average Bonchev–Trinajstić information content (AvgIpc) is 2.62. The predicted molar refractivity (Wildman–Crippen MR) is 107 cm³/mol. The van der Waals surface area contributed by atoms with E-state index in [1.54, 1.807) is 24.3 Å². The van der Waals surface area contributed by atoms with Gasteiger partial charge in [-0.05, 0) is 37.1 Å². The molecular formula is C19H21Cl2N3O2. The van der Waals surface area contributed by atoms with Gasteiger partial charge < -0.3 is 16.0 Å². The second-order valence-electron chi connectivity index (χ2n) is 5.75. The van der Waals surface area contributed by atoms with E-state index in [2.05, 4.69) is 5.32 Å². The zero-order valence-corrected chi connectivity index (χ0v) is 16.0. The Morgan fingerprint density at radius 2 is 1.73 bits per heavy atom. The van der Waals surface area contributed by atoms with Gasteiger partial charge in [-0.2, -0.15) is 0 Å². The Labute approximate surface area is 163 Å². The summed E-state index contributed by atoms with van der Waals surface area (Å²) in [5.74, 6) is -0.467. The first-order chi connectivity index (χ1) is 12.4. The fourth-order valence-corrected chi connectivity index (χ4v) is 3.00. The Balaban J connectivity index is 1.94. The zero-order chi connectivity index (χ0) is 19.1. The number of para-hydroxylation sites is 2. The molecule has 2 aromatic rings. The van der Waals surface area contributed by atoms with Crippen molar-refractivity contribution in [3.05, 3.63) is 58.1 Å². The molecule has 0 spiro atoms. The normalized spacial score (nSPS) is 10.4. The summed E-state index contributed by atoms with van der Waals surface area (Å²) >= 11 is 12.1. The van der Waals surface area contributed by atoms with Crippen LogP contribution in [-0.4, -0.2) is 29.8 Å². The highest BCUT2D eigenvalue weighted by atomic mass is 35.5. The zero-order valence-electron chi connectivity index (χ0n) is 14.5. The molecule has 0 bridgehead atoms. The fourth-order valence-electron chi connectivity index (χ4n) is 2.51. The molecule has 2 rings (SSSR count). The molecule has 2 amide bonds. The van der Waals surface area contributed by atoms with Crippen LogP contribution in [0.25, 0.3) is 0 Å². The van der Waals surface area contributed by atoms with Crippen molar-refractivity contribution in [2.75, 3.05) is 24.1 Å². The van der Waals surface area contributed by atoms with Crippen molar-refractivity contribution in [2.45, 2.75) is 19.8 Å². The molecule has 0 aromatic heterocycles. The fraction of sp³-hybridized carbons (Fsp3) is 0.263. The average molecular weight is 394 g/mol. The maximum Gasteiger partial charge on any atom is 0.244 e. The molecule has 0 aliphatic heterocycles. The lowest BCUT2D eigenvalue weighted by atomic mass is 10.1. The van der Waals surface area contributed by atoms with Crippen molar-refractivity contribution < 1.29 is 9.59 Å². The minimum atomic E-state index is -0.352. The number of nitrogens with one attached hydrogen (secondary N) is 1.